The highest BCUT2D eigenvalue weighted by Crippen LogP contribution is 2.15. The fraction of sp³-hybridized carbons (Fsp3) is 0.250. The maximum absolute atomic E-state index is 8.40. The van der Waals surface area contributed by atoms with Gasteiger partial charge >= 0.3 is 0 Å². The molecule has 0 saturated carbocycles. The molecule has 1 aromatic rings. The number of halogens is 1. The molecular formula is C8H8BrN3. The van der Waals surface area contributed by atoms with Crippen LogP contribution in [0.1, 0.15) is 18.2 Å². The van der Waals surface area contributed by atoms with E-state index in [1.807, 2.05) is 18.2 Å². The van der Waals surface area contributed by atoms with Crippen LogP contribution in [0.15, 0.2) is 22.8 Å². The Bertz CT molecular complexity index is 305. The zero-order valence-electron chi connectivity index (χ0n) is 6.37. The minimum Gasteiger partial charge on any atom is -0.322 e. The van der Waals surface area contributed by atoms with Crippen LogP contribution in [0, 0.1) is 11.3 Å². The van der Waals surface area contributed by atoms with Gasteiger partial charge in [0, 0.05) is 10.7 Å². The predicted octanol–water partition coefficient (Wildman–Crippen LogP) is 1.76. The first-order chi connectivity index (χ1) is 5.74. The van der Waals surface area contributed by atoms with Gasteiger partial charge in [0.25, 0.3) is 0 Å². The molecule has 0 spiro atoms. The van der Waals surface area contributed by atoms with Crippen molar-refractivity contribution in [2.45, 2.75) is 12.5 Å². The largest absolute Gasteiger partial charge is 0.322 e. The summed E-state index contributed by atoms with van der Waals surface area (Å²) in [5.74, 6) is 0. The van der Waals surface area contributed by atoms with Gasteiger partial charge in [0.15, 0.2) is 0 Å². The van der Waals surface area contributed by atoms with Crippen LogP contribution in [-0.2, 0) is 0 Å². The number of nitrogens with two attached hydrogens (primary N) is 1. The molecule has 1 atom stereocenters. The Hall–Kier alpha value is -0.920. The van der Waals surface area contributed by atoms with Gasteiger partial charge in [0.1, 0.15) is 0 Å². The van der Waals surface area contributed by atoms with E-state index in [1.54, 1.807) is 6.20 Å². The summed E-state index contributed by atoms with van der Waals surface area (Å²) in [7, 11) is 0. The van der Waals surface area contributed by atoms with Crippen LogP contribution in [0.2, 0.25) is 0 Å². The Kier molecular flexibility index (Phi) is 3.20. The van der Waals surface area contributed by atoms with E-state index in [0.717, 1.165) is 10.2 Å². The van der Waals surface area contributed by atoms with Crippen LogP contribution >= 0.6 is 15.9 Å². The molecule has 0 amide bonds. The van der Waals surface area contributed by atoms with E-state index in [0.29, 0.717) is 6.42 Å². The first-order valence-corrected chi connectivity index (χ1v) is 4.27. The molecule has 0 aliphatic heterocycles. The van der Waals surface area contributed by atoms with Crippen LogP contribution in [0.4, 0.5) is 0 Å². The lowest BCUT2D eigenvalue weighted by Crippen LogP contribution is -2.10. The van der Waals surface area contributed by atoms with E-state index < -0.39 is 0 Å². The lowest BCUT2D eigenvalue weighted by atomic mass is 10.1. The van der Waals surface area contributed by atoms with Crippen molar-refractivity contribution < 1.29 is 0 Å². The van der Waals surface area contributed by atoms with E-state index in [-0.39, 0.29) is 6.04 Å². The van der Waals surface area contributed by atoms with E-state index in [9.17, 15) is 0 Å². The summed E-state index contributed by atoms with van der Waals surface area (Å²) in [6, 6.07) is 5.36. The summed E-state index contributed by atoms with van der Waals surface area (Å²) in [6.07, 6.45) is 1.96. The van der Waals surface area contributed by atoms with Gasteiger partial charge in [-0.1, -0.05) is 15.9 Å². The van der Waals surface area contributed by atoms with Crippen LogP contribution in [0.3, 0.4) is 0 Å². The Morgan fingerprint density at radius 2 is 2.50 bits per heavy atom. The van der Waals surface area contributed by atoms with Crippen LogP contribution in [0.5, 0.6) is 0 Å². The molecule has 1 heterocycles. The minimum atomic E-state index is -0.285. The molecule has 0 aromatic carbocycles. The molecule has 0 unspecified atom stereocenters. The highest BCUT2D eigenvalue weighted by atomic mass is 79.9. The monoisotopic (exact) mass is 225 g/mol. The molecule has 0 aliphatic carbocycles. The highest BCUT2D eigenvalue weighted by molar-refractivity contribution is 9.10. The number of hydrogen-bond donors (Lipinski definition) is 1. The van der Waals surface area contributed by atoms with Crippen LogP contribution in [-0.4, -0.2) is 4.98 Å². The zero-order chi connectivity index (χ0) is 8.97. The van der Waals surface area contributed by atoms with Crippen molar-refractivity contribution in [3.05, 3.63) is 28.5 Å². The van der Waals surface area contributed by atoms with Gasteiger partial charge in [-0.25, -0.2) is 0 Å². The first kappa shape index (κ1) is 9.17. The Balaban J connectivity index is 2.82. The number of aromatic nitrogens is 1. The van der Waals surface area contributed by atoms with Gasteiger partial charge in [-0.2, -0.15) is 5.26 Å². The van der Waals surface area contributed by atoms with Crippen molar-refractivity contribution in [3.8, 4) is 6.07 Å². The molecule has 3 nitrogen and oxygen atoms in total. The minimum absolute atomic E-state index is 0.285. The molecule has 12 heavy (non-hydrogen) atoms. The second-order valence-corrected chi connectivity index (χ2v) is 3.28. The van der Waals surface area contributed by atoms with E-state index in [2.05, 4.69) is 20.9 Å². The van der Waals surface area contributed by atoms with Gasteiger partial charge in [0.2, 0.25) is 0 Å². The topological polar surface area (TPSA) is 62.7 Å². The van der Waals surface area contributed by atoms with Crippen molar-refractivity contribution >= 4 is 15.9 Å². The van der Waals surface area contributed by atoms with E-state index in [1.165, 1.54) is 0 Å². The van der Waals surface area contributed by atoms with Crippen molar-refractivity contribution in [2.24, 2.45) is 5.73 Å². The number of hydrogen-bond acceptors (Lipinski definition) is 3. The third kappa shape index (κ3) is 2.29. The first-order valence-electron chi connectivity index (χ1n) is 3.48. The molecule has 0 radical (unpaired) electrons. The summed E-state index contributed by atoms with van der Waals surface area (Å²) in [4.78, 5) is 4.05. The van der Waals surface area contributed by atoms with Crippen molar-refractivity contribution in [3.63, 3.8) is 0 Å². The molecule has 62 valence electrons. The Labute approximate surface area is 79.3 Å². The van der Waals surface area contributed by atoms with E-state index >= 15 is 0 Å². The Morgan fingerprint density at radius 1 is 1.75 bits per heavy atom. The van der Waals surface area contributed by atoms with Crippen molar-refractivity contribution in [1.29, 1.82) is 5.26 Å². The molecule has 0 fully saturated rings. The van der Waals surface area contributed by atoms with Gasteiger partial charge in [0.05, 0.1) is 24.2 Å². The number of nitrogens with zero attached hydrogens (tertiary/aromatic N) is 2. The van der Waals surface area contributed by atoms with E-state index in [4.69, 9.17) is 11.0 Å². The molecule has 0 aliphatic rings. The maximum Gasteiger partial charge on any atom is 0.0642 e. The second-order valence-electron chi connectivity index (χ2n) is 2.37. The summed E-state index contributed by atoms with van der Waals surface area (Å²) < 4.78 is 0.931. The fourth-order valence-corrected chi connectivity index (χ4v) is 1.18. The highest BCUT2D eigenvalue weighted by Gasteiger charge is 2.05. The molecular weight excluding hydrogens is 218 g/mol. The third-order valence-corrected chi connectivity index (χ3v) is 1.93. The molecule has 4 heteroatoms. The maximum atomic E-state index is 8.40. The lowest BCUT2D eigenvalue weighted by Gasteiger charge is -2.05. The average molecular weight is 226 g/mol. The average Bonchev–Trinajstić information content (AvgIpc) is 2.05. The SMILES string of the molecule is N#CC[C@@H](N)c1cc(Br)ccn1. The van der Waals surface area contributed by atoms with Gasteiger partial charge in [-0.15, -0.1) is 0 Å². The molecule has 1 aromatic heterocycles. The van der Waals surface area contributed by atoms with Gasteiger partial charge in [-0.3, -0.25) is 4.98 Å². The number of pyridine rings is 1. The third-order valence-electron chi connectivity index (χ3n) is 1.43. The quantitative estimate of drug-likeness (QED) is 0.835. The van der Waals surface area contributed by atoms with Crippen molar-refractivity contribution in [2.75, 3.05) is 0 Å². The molecule has 0 saturated heterocycles. The molecule has 0 bridgehead atoms. The van der Waals surface area contributed by atoms with Crippen LogP contribution in [0.25, 0.3) is 0 Å². The molecule has 2 N–H and O–H groups in total. The smallest absolute Gasteiger partial charge is 0.0642 e. The summed E-state index contributed by atoms with van der Waals surface area (Å²) >= 11 is 3.30. The second kappa shape index (κ2) is 4.19. The summed E-state index contributed by atoms with van der Waals surface area (Å²) in [5, 5.41) is 8.40. The zero-order valence-corrected chi connectivity index (χ0v) is 7.95. The molecule has 1 rings (SSSR count). The van der Waals surface area contributed by atoms with Gasteiger partial charge < -0.3 is 5.73 Å². The predicted molar refractivity (Wildman–Crippen MR) is 49.1 cm³/mol. The lowest BCUT2D eigenvalue weighted by molar-refractivity contribution is 0.719. The Morgan fingerprint density at radius 3 is 3.08 bits per heavy atom. The summed E-state index contributed by atoms with van der Waals surface area (Å²) in [5.41, 5.74) is 6.41. The van der Waals surface area contributed by atoms with Crippen molar-refractivity contribution in [1.82, 2.24) is 4.98 Å². The summed E-state index contributed by atoms with van der Waals surface area (Å²) in [6.45, 7) is 0. The number of rotatable bonds is 2. The fourth-order valence-electron chi connectivity index (χ4n) is 0.827. The normalized spacial score (nSPS) is 12.1. The van der Waals surface area contributed by atoms with Gasteiger partial charge in [-0.05, 0) is 12.1 Å². The van der Waals surface area contributed by atoms with Crippen LogP contribution < -0.4 is 5.73 Å². The number of nitriles is 1. The standard InChI is InChI=1S/C8H8BrN3/c9-6-2-4-12-8(5-6)7(11)1-3-10/h2,4-5,7H,1,11H2/t7-/m1/s1.